The molecule has 0 saturated carbocycles. The van der Waals surface area contributed by atoms with E-state index in [1.54, 1.807) is 12.4 Å². The van der Waals surface area contributed by atoms with Gasteiger partial charge < -0.3 is 0 Å². The molecule has 0 rings (SSSR count). The summed E-state index contributed by atoms with van der Waals surface area (Å²) in [7, 11) is 0. The highest BCUT2D eigenvalue weighted by Crippen LogP contribution is 2.03. The molecule has 0 fully saturated rings. The molecule has 2 heteroatoms. The van der Waals surface area contributed by atoms with E-state index in [1.165, 1.54) is 0 Å². The van der Waals surface area contributed by atoms with Crippen LogP contribution in [0.5, 0.6) is 0 Å². The molecule has 0 atom stereocenters. The van der Waals surface area contributed by atoms with Crippen molar-refractivity contribution in [3.8, 4) is 0 Å². The first-order valence-electron chi connectivity index (χ1n) is 5.43. The number of hydrogen-bond acceptors (Lipinski definition) is 2. The van der Waals surface area contributed by atoms with Crippen molar-refractivity contribution < 1.29 is 0 Å². The van der Waals surface area contributed by atoms with Crippen LogP contribution in [0.4, 0.5) is 0 Å². The topological polar surface area (TPSA) is 24.7 Å². The van der Waals surface area contributed by atoms with E-state index in [9.17, 15) is 0 Å². The van der Waals surface area contributed by atoms with Gasteiger partial charge in [-0.3, -0.25) is 9.98 Å². The predicted molar refractivity (Wildman–Crippen MR) is 69.6 cm³/mol. The Hall–Kier alpha value is -1.18. The third-order valence-electron chi connectivity index (χ3n) is 1.61. The Morgan fingerprint density at radius 3 is 2.40 bits per heavy atom. The van der Waals surface area contributed by atoms with Crippen molar-refractivity contribution in [1.29, 1.82) is 0 Å². The Morgan fingerprint density at radius 1 is 1.27 bits per heavy atom. The zero-order valence-corrected chi connectivity index (χ0v) is 10.3. The van der Waals surface area contributed by atoms with Crippen LogP contribution in [0.25, 0.3) is 0 Å². The second-order valence-corrected chi connectivity index (χ2v) is 4.26. The fourth-order valence-corrected chi connectivity index (χ4v) is 1.05. The van der Waals surface area contributed by atoms with Gasteiger partial charge in [0, 0.05) is 24.3 Å². The Morgan fingerprint density at radius 2 is 1.93 bits per heavy atom. The smallest absolute Gasteiger partial charge is 0.0421 e. The first kappa shape index (κ1) is 13.8. The van der Waals surface area contributed by atoms with Crippen LogP contribution < -0.4 is 0 Å². The molecule has 0 aromatic rings. The monoisotopic (exact) mass is 206 g/mol. The van der Waals surface area contributed by atoms with Crippen molar-refractivity contribution in [1.82, 2.24) is 0 Å². The van der Waals surface area contributed by atoms with Crippen molar-refractivity contribution in [2.24, 2.45) is 21.8 Å². The standard InChI is InChI=1S/C13H22N2/c1-6-15-13(9-11(2)3)7-8-14-10-12(4)5/h6-8,10-12H,1,9H2,2-5H3/b8-7-,14-10?,15-13?. The molecule has 15 heavy (non-hydrogen) atoms. The molecule has 0 heterocycles. The summed E-state index contributed by atoms with van der Waals surface area (Å²) >= 11 is 0. The molecule has 2 nitrogen and oxygen atoms in total. The summed E-state index contributed by atoms with van der Waals surface area (Å²) in [6.07, 6.45) is 8.19. The van der Waals surface area contributed by atoms with Gasteiger partial charge in [-0.1, -0.05) is 34.3 Å². The van der Waals surface area contributed by atoms with E-state index in [0.29, 0.717) is 11.8 Å². The third-order valence-corrected chi connectivity index (χ3v) is 1.61. The van der Waals surface area contributed by atoms with E-state index in [-0.39, 0.29) is 0 Å². The van der Waals surface area contributed by atoms with Gasteiger partial charge in [-0.15, -0.1) is 0 Å². The summed E-state index contributed by atoms with van der Waals surface area (Å²) in [5.74, 6) is 1.09. The zero-order chi connectivity index (χ0) is 11.7. The van der Waals surface area contributed by atoms with Crippen LogP contribution in [0, 0.1) is 11.8 Å². The SMILES string of the molecule is C=CN=C(/C=C\N=CC(C)C)CC(C)C. The van der Waals surface area contributed by atoms with Crippen LogP contribution >= 0.6 is 0 Å². The fraction of sp³-hybridized carbons (Fsp3) is 0.538. The number of allylic oxidation sites excluding steroid dienone is 1. The number of rotatable bonds is 6. The van der Waals surface area contributed by atoms with Gasteiger partial charge in [-0.25, -0.2) is 0 Å². The van der Waals surface area contributed by atoms with Crippen molar-refractivity contribution in [2.45, 2.75) is 34.1 Å². The largest absolute Gasteiger partial charge is 0.269 e. The maximum absolute atomic E-state index is 4.20. The minimum Gasteiger partial charge on any atom is -0.269 e. The van der Waals surface area contributed by atoms with E-state index in [1.807, 2.05) is 12.3 Å². The Kier molecular flexibility index (Phi) is 7.51. The van der Waals surface area contributed by atoms with Gasteiger partial charge in [0.15, 0.2) is 0 Å². The van der Waals surface area contributed by atoms with Gasteiger partial charge in [-0.2, -0.15) is 0 Å². The van der Waals surface area contributed by atoms with E-state index < -0.39 is 0 Å². The van der Waals surface area contributed by atoms with E-state index >= 15 is 0 Å². The maximum Gasteiger partial charge on any atom is 0.0421 e. The van der Waals surface area contributed by atoms with E-state index in [2.05, 4.69) is 44.3 Å². The molecule has 0 unspecified atom stereocenters. The summed E-state index contributed by atoms with van der Waals surface area (Å²) in [5, 5.41) is 0. The predicted octanol–water partition coefficient (Wildman–Crippen LogP) is 3.86. The molecule has 0 saturated heterocycles. The van der Waals surface area contributed by atoms with Gasteiger partial charge >= 0.3 is 0 Å². The van der Waals surface area contributed by atoms with E-state index in [0.717, 1.165) is 12.1 Å². The van der Waals surface area contributed by atoms with Crippen molar-refractivity contribution >= 4 is 11.9 Å². The molecule has 0 amide bonds. The highest BCUT2D eigenvalue weighted by Gasteiger charge is 1.97. The summed E-state index contributed by atoms with van der Waals surface area (Å²) in [6, 6.07) is 0. The van der Waals surface area contributed by atoms with Gasteiger partial charge in [0.1, 0.15) is 0 Å². The van der Waals surface area contributed by atoms with Crippen LogP contribution in [0.2, 0.25) is 0 Å². The lowest BCUT2D eigenvalue weighted by atomic mass is 10.1. The van der Waals surface area contributed by atoms with Crippen LogP contribution in [0.1, 0.15) is 34.1 Å². The minimum atomic E-state index is 0.486. The summed E-state index contributed by atoms with van der Waals surface area (Å²) in [5.41, 5.74) is 1.03. The molecule has 0 aromatic heterocycles. The zero-order valence-electron chi connectivity index (χ0n) is 10.3. The van der Waals surface area contributed by atoms with Crippen LogP contribution in [0.15, 0.2) is 35.0 Å². The molecule has 84 valence electrons. The van der Waals surface area contributed by atoms with E-state index in [4.69, 9.17) is 0 Å². The lowest BCUT2D eigenvalue weighted by molar-refractivity contribution is 0.685. The van der Waals surface area contributed by atoms with Crippen molar-refractivity contribution in [2.75, 3.05) is 0 Å². The number of hydrogen-bond donors (Lipinski definition) is 0. The normalized spacial score (nSPS) is 13.6. The molecule has 0 aliphatic rings. The van der Waals surface area contributed by atoms with Crippen LogP contribution in [0.3, 0.4) is 0 Å². The highest BCUT2D eigenvalue weighted by molar-refractivity contribution is 5.95. The summed E-state index contributed by atoms with van der Waals surface area (Å²) < 4.78 is 0. The fourth-order valence-electron chi connectivity index (χ4n) is 1.05. The Labute approximate surface area is 93.5 Å². The van der Waals surface area contributed by atoms with Gasteiger partial charge in [-0.05, 0) is 24.3 Å². The molecular formula is C13H22N2. The van der Waals surface area contributed by atoms with Gasteiger partial charge in [0.25, 0.3) is 0 Å². The molecule has 0 aromatic carbocycles. The van der Waals surface area contributed by atoms with Gasteiger partial charge in [0.2, 0.25) is 0 Å². The first-order valence-corrected chi connectivity index (χ1v) is 5.43. The molecule has 0 bridgehead atoms. The van der Waals surface area contributed by atoms with Crippen molar-refractivity contribution in [3.05, 3.63) is 25.1 Å². The molecule has 0 aliphatic heterocycles. The lowest BCUT2D eigenvalue weighted by Gasteiger charge is -2.02. The highest BCUT2D eigenvalue weighted by atomic mass is 14.7. The molecule has 0 spiro atoms. The minimum absolute atomic E-state index is 0.486. The van der Waals surface area contributed by atoms with Crippen LogP contribution in [-0.2, 0) is 0 Å². The Bertz CT molecular complexity index is 258. The number of aliphatic imine (C=N–C) groups is 2. The average molecular weight is 206 g/mol. The molecule has 0 aliphatic carbocycles. The van der Waals surface area contributed by atoms with Crippen molar-refractivity contribution in [3.63, 3.8) is 0 Å². The molecule has 0 radical (unpaired) electrons. The second-order valence-electron chi connectivity index (χ2n) is 4.26. The average Bonchev–Trinajstić information content (AvgIpc) is 2.11. The lowest BCUT2D eigenvalue weighted by Crippen LogP contribution is -1.99. The Balaban J connectivity index is 4.29. The first-order chi connectivity index (χ1) is 7.06. The van der Waals surface area contributed by atoms with Gasteiger partial charge in [0.05, 0.1) is 0 Å². The summed E-state index contributed by atoms with van der Waals surface area (Å²) in [6.45, 7) is 12.1. The number of nitrogens with zero attached hydrogens (tertiary/aromatic N) is 2. The maximum atomic E-state index is 4.20. The second kappa shape index (κ2) is 8.16. The molecule has 0 N–H and O–H groups in total. The molecular weight excluding hydrogens is 184 g/mol. The van der Waals surface area contributed by atoms with Crippen LogP contribution in [-0.4, -0.2) is 11.9 Å². The quantitative estimate of drug-likeness (QED) is 0.590. The third kappa shape index (κ3) is 9.13. The summed E-state index contributed by atoms with van der Waals surface area (Å²) in [4.78, 5) is 8.38.